The van der Waals surface area contributed by atoms with Crippen LogP contribution in [0.5, 0.6) is 0 Å². The first-order valence-electron chi connectivity index (χ1n) is 6.40. The van der Waals surface area contributed by atoms with E-state index in [-0.39, 0.29) is 51.3 Å². The maximum atomic E-state index is 11.6. The Bertz CT molecular complexity index is 386. The van der Waals surface area contributed by atoms with Gasteiger partial charge in [0.1, 0.15) is 6.54 Å². The summed E-state index contributed by atoms with van der Waals surface area (Å²) in [4.78, 5) is 40.7. The lowest BCUT2D eigenvalue weighted by atomic mass is 10.1. The number of carbonyl (C=O) groups excluding carboxylic acids is 3. The van der Waals surface area contributed by atoms with Crippen molar-refractivity contribution in [2.45, 2.75) is 26.9 Å². The predicted molar refractivity (Wildman–Crippen MR) is 75.9 cm³/mol. The number of carbonyl (C=O) groups is 3. The molecule has 3 amide bonds. The van der Waals surface area contributed by atoms with Crippen molar-refractivity contribution in [2.24, 2.45) is 5.92 Å². The van der Waals surface area contributed by atoms with Crippen LogP contribution in [0.2, 0.25) is 0 Å². The third-order valence-corrected chi connectivity index (χ3v) is 2.83. The summed E-state index contributed by atoms with van der Waals surface area (Å²) in [5.74, 6) is -1.52. The summed E-state index contributed by atoms with van der Waals surface area (Å²) in [5, 5.41) is 13.4. The van der Waals surface area contributed by atoms with Crippen molar-refractivity contribution in [3.63, 3.8) is 0 Å². The summed E-state index contributed by atoms with van der Waals surface area (Å²) in [6.45, 7) is 1.40. The molecule has 1 saturated heterocycles. The number of imide groups is 1. The highest BCUT2D eigenvalue weighted by atomic mass is 16.7. The van der Waals surface area contributed by atoms with Gasteiger partial charge in [0.25, 0.3) is 0 Å². The standard InChI is InChI=1S/C12H21N3O5.CH4/c1-8-4-11(18)15(12(8)19)6-10(17)13-5-9(16)7-20-14(2)3;/h8-9,16H,4-7H2,1-3H3,(H,13,17);1H4. The molecule has 0 bridgehead atoms. The second-order valence-corrected chi connectivity index (χ2v) is 4.99. The zero-order valence-corrected chi connectivity index (χ0v) is 12.0. The van der Waals surface area contributed by atoms with Gasteiger partial charge in [0.05, 0.1) is 12.7 Å². The van der Waals surface area contributed by atoms with Gasteiger partial charge in [-0.05, 0) is 0 Å². The lowest BCUT2D eigenvalue weighted by Crippen LogP contribution is -2.43. The van der Waals surface area contributed by atoms with Gasteiger partial charge in [0.2, 0.25) is 17.7 Å². The van der Waals surface area contributed by atoms with Crippen LogP contribution in [0, 0.1) is 5.92 Å². The van der Waals surface area contributed by atoms with Crippen LogP contribution < -0.4 is 5.32 Å². The third-order valence-electron chi connectivity index (χ3n) is 2.83. The Morgan fingerprint density at radius 1 is 1.52 bits per heavy atom. The first kappa shape index (κ1) is 19.5. The van der Waals surface area contributed by atoms with E-state index < -0.39 is 12.0 Å². The third kappa shape index (κ3) is 6.19. The number of amides is 3. The summed E-state index contributed by atoms with van der Waals surface area (Å²) >= 11 is 0. The average Bonchev–Trinajstić information content (AvgIpc) is 2.60. The zero-order valence-electron chi connectivity index (χ0n) is 12.0. The molecule has 1 aliphatic rings. The molecule has 2 unspecified atom stereocenters. The highest BCUT2D eigenvalue weighted by Crippen LogP contribution is 2.17. The van der Waals surface area contributed by atoms with Crippen molar-refractivity contribution < 1.29 is 24.3 Å². The molecular formula is C13H25N3O5. The van der Waals surface area contributed by atoms with Crippen molar-refractivity contribution in [3.8, 4) is 0 Å². The number of nitrogens with zero attached hydrogens (tertiary/aromatic N) is 2. The molecule has 0 radical (unpaired) electrons. The van der Waals surface area contributed by atoms with E-state index in [9.17, 15) is 19.5 Å². The number of hydroxylamine groups is 2. The number of aliphatic hydroxyl groups excluding tert-OH is 1. The van der Waals surface area contributed by atoms with Crippen LogP contribution in [0.4, 0.5) is 0 Å². The number of rotatable bonds is 7. The Morgan fingerprint density at radius 2 is 2.14 bits per heavy atom. The molecule has 8 heteroatoms. The molecule has 1 rings (SSSR count). The largest absolute Gasteiger partial charge is 0.389 e. The molecule has 0 spiro atoms. The minimum atomic E-state index is -0.856. The van der Waals surface area contributed by atoms with Gasteiger partial charge >= 0.3 is 0 Å². The molecule has 2 atom stereocenters. The van der Waals surface area contributed by atoms with Crippen molar-refractivity contribution in [1.82, 2.24) is 15.3 Å². The summed E-state index contributed by atoms with van der Waals surface area (Å²) in [7, 11) is 3.36. The molecule has 122 valence electrons. The summed E-state index contributed by atoms with van der Waals surface area (Å²) in [5.41, 5.74) is 0. The van der Waals surface area contributed by atoms with Crippen LogP contribution in [0.25, 0.3) is 0 Å². The van der Waals surface area contributed by atoms with Crippen LogP contribution in [0.15, 0.2) is 0 Å². The van der Waals surface area contributed by atoms with E-state index in [0.29, 0.717) is 0 Å². The van der Waals surface area contributed by atoms with Gasteiger partial charge in [-0.1, -0.05) is 14.4 Å². The van der Waals surface area contributed by atoms with Crippen molar-refractivity contribution in [2.75, 3.05) is 33.8 Å². The van der Waals surface area contributed by atoms with Gasteiger partial charge in [-0.15, -0.1) is 0 Å². The number of aliphatic hydroxyl groups is 1. The summed E-state index contributed by atoms with van der Waals surface area (Å²) < 4.78 is 0. The topological polar surface area (TPSA) is 99.2 Å². The Kier molecular flexibility index (Phi) is 8.08. The molecule has 8 nitrogen and oxygen atoms in total. The van der Waals surface area contributed by atoms with E-state index in [1.165, 1.54) is 5.06 Å². The van der Waals surface area contributed by atoms with Crippen LogP contribution in [-0.4, -0.2) is 72.7 Å². The quantitative estimate of drug-likeness (QED) is 0.462. The molecule has 0 aromatic heterocycles. The molecule has 0 aliphatic carbocycles. The summed E-state index contributed by atoms with van der Waals surface area (Å²) in [6.07, 6.45) is -0.712. The number of nitrogens with one attached hydrogen (secondary N) is 1. The van der Waals surface area contributed by atoms with Gasteiger partial charge in [0, 0.05) is 33.0 Å². The smallest absolute Gasteiger partial charge is 0.240 e. The molecule has 0 aromatic carbocycles. The van der Waals surface area contributed by atoms with Crippen molar-refractivity contribution in [3.05, 3.63) is 0 Å². The molecule has 1 fully saturated rings. The maximum absolute atomic E-state index is 11.6. The number of hydrogen-bond donors (Lipinski definition) is 2. The average molecular weight is 303 g/mol. The zero-order chi connectivity index (χ0) is 15.3. The van der Waals surface area contributed by atoms with Crippen LogP contribution in [-0.2, 0) is 19.2 Å². The molecule has 2 N–H and O–H groups in total. The SMILES string of the molecule is C.CC1CC(=O)N(CC(=O)NCC(O)CON(C)C)C1=O. The van der Waals surface area contributed by atoms with E-state index in [1.807, 2.05) is 0 Å². The Balaban J connectivity index is 0.00000400. The van der Waals surface area contributed by atoms with Gasteiger partial charge in [-0.3, -0.25) is 24.1 Å². The van der Waals surface area contributed by atoms with E-state index in [2.05, 4.69) is 5.32 Å². The number of likely N-dealkylation sites (tertiary alicyclic amines) is 1. The Hall–Kier alpha value is -1.51. The van der Waals surface area contributed by atoms with Gasteiger partial charge in [-0.25, -0.2) is 0 Å². The molecule has 1 heterocycles. The van der Waals surface area contributed by atoms with Crippen LogP contribution in [0.1, 0.15) is 20.8 Å². The summed E-state index contributed by atoms with van der Waals surface area (Å²) in [6, 6.07) is 0. The van der Waals surface area contributed by atoms with E-state index in [0.717, 1.165) is 4.90 Å². The Morgan fingerprint density at radius 3 is 2.62 bits per heavy atom. The van der Waals surface area contributed by atoms with Crippen molar-refractivity contribution in [1.29, 1.82) is 0 Å². The lowest BCUT2D eigenvalue weighted by Gasteiger charge is -2.17. The fourth-order valence-electron chi connectivity index (χ4n) is 1.74. The first-order chi connectivity index (χ1) is 9.31. The van der Waals surface area contributed by atoms with Crippen LogP contribution in [0.3, 0.4) is 0 Å². The van der Waals surface area contributed by atoms with E-state index in [1.54, 1.807) is 21.0 Å². The highest BCUT2D eigenvalue weighted by molar-refractivity contribution is 6.05. The minimum absolute atomic E-state index is 0. The molecule has 1 aliphatic heterocycles. The monoisotopic (exact) mass is 303 g/mol. The predicted octanol–water partition coefficient (Wildman–Crippen LogP) is -1.01. The number of hydrogen-bond acceptors (Lipinski definition) is 6. The molecular weight excluding hydrogens is 278 g/mol. The Labute approximate surface area is 125 Å². The fraction of sp³-hybridized carbons (Fsp3) is 0.769. The van der Waals surface area contributed by atoms with Gasteiger partial charge < -0.3 is 10.4 Å². The second-order valence-electron chi connectivity index (χ2n) is 4.99. The van der Waals surface area contributed by atoms with Gasteiger partial charge in [0.15, 0.2) is 0 Å². The van der Waals surface area contributed by atoms with E-state index >= 15 is 0 Å². The molecule has 0 aromatic rings. The molecule has 0 saturated carbocycles. The van der Waals surface area contributed by atoms with E-state index in [4.69, 9.17) is 4.84 Å². The van der Waals surface area contributed by atoms with Crippen molar-refractivity contribution >= 4 is 17.7 Å². The maximum Gasteiger partial charge on any atom is 0.240 e. The molecule has 21 heavy (non-hydrogen) atoms. The second kappa shape index (κ2) is 8.71. The minimum Gasteiger partial charge on any atom is -0.389 e. The van der Waals surface area contributed by atoms with Crippen LogP contribution >= 0.6 is 0 Å². The van der Waals surface area contributed by atoms with Gasteiger partial charge in [-0.2, -0.15) is 5.06 Å². The fourth-order valence-corrected chi connectivity index (χ4v) is 1.74. The lowest BCUT2D eigenvalue weighted by molar-refractivity contribution is -0.146. The normalized spacial score (nSPS) is 19.7. The first-order valence-corrected chi connectivity index (χ1v) is 6.40. The highest BCUT2D eigenvalue weighted by Gasteiger charge is 2.36.